The fraction of sp³-hybridized carbons (Fsp3) is 0.464. The van der Waals surface area contributed by atoms with E-state index in [9.17, 15) is 14.4 Å². The van der Waals surface area contributed by atoms with Crippen LogP contribution in [0.3, 0.4) is 0 Å². The molecule has 4 heterocycles. The maximum absolute atomic E-state index is 13.9. The van der Waals surface area contributed by atoms with Gasteiger partial charge in [0.25, 0.3) is 5.56 Å². The Hall–Kier alpha value is -3.82. The van der Waals surface area contributed by atoms with Crippen LogP contribution < -0.4 is 21.5 Å². The number of benzene rings is 1. The number of fused-ring (bicyclic) bond motifs is 2. The Morgan fingerprint density at radius 2 is 2.02 bits per heavy atom. The number of amides is 1. The average Bonchev–Trinajstić information content (AvgIpc) is 3.48. The number of aromatic nitrogens is 5. The minimum atomic E-state index is -0.603. The van der Waals surface area contributed by atoms with Gasteiger partial charge in [-0.15, -0.1) is 17.3 Å². The number of hydrogen-bond donors (Lipinski definition) is 1. The Kier molecular flexibility index (Phi) is 7.85. The standard InChI is InChI=1S/C28H32ClN7O4S/c1-6-7-13-35-22-23(32-25(35)34-12-8-9-18(15-34)30-26(38)40-28(2,3)4)33(5)27(39)36(24(22)37)16-21-31-19-14-17(29)10-11-20(19)41-21/h10-11,14,18H,8-9,12-13,15-16H2,1-5H3,(H,30,38)/t18-/m1/s1. The van der Waals surface area contributed by atoms with Crippen molar-refractivity contribution in [2.75, 3.05) is 18.0 Å². The van der Waals surface area contributed by atoms with Crippen LogP contribution >= 0.6 is 22.9 Å². The molecule has 216 valence electrons. The van der Waals surface area contributed by atoms with Crippen molar-refractivity contribution < 1.29 is 9.53 Å². The van der Waals surface area contributed by atoms with E-state index < -0.39 is 22.9 Å². The maximum atomic E-state index is 13.9. The molecule has 4 aromatic rings. The number of hydrogen-bond acceptors (Lipinski definition) is 8. The largest absolute Gasteiger partial charge is 0.444 e. The lowest BCUT2D eigenvalue weighted by molar-refractivity contribution is 0.0499. The minimum absolute atomic E-state index is 0.0178. The van der Waals surface area contributed by atoms with Crippen LogP contribution in [0, 0.1) is 11.8 Å². The molecule has 5 rings (SSSR count). The van der Waals surface area contributed by atoms with Crippen LogP contribution in [0.1, 0.15) is 45.5 Å². The van der Waals surface area contributed by atoms with Gasteiger partial charge >= 0.3 is 11.8 Å². The van der Waals surface area contributed by atoms with E-state index in [0.29, 0.717) is 34.6 Å². The summed E-state index contributed by atoms with van der Waals surface area (Å²) in [6.45, 7) is 8.57. The zero-order valence-electron chi connectivity index (χ0n) is 23.7. The lowest BCUT2D eigenvalue weighted by atomic mass is 10.1. The van der Waals surface area contributed by atoms with Gasteiger partial charge in [0.15, 0.2) is 11.2 Å². The monoisotopic (exact) mass is 597 g/mol. The third-order valence-corrected chi connectivity index (χ3v) is 7.99. The molecule has 0 bridgehead atoms. The number of piperidine rings is 1. The highest BCUT2D eigenvalue weighted by Crippen LogP contribution is 2.26. The summed E-state index contributed by atoms with van der Waals surface area (Å²) in [7, 11) is 1.61. The lowest BCUT2D eigenvalue weighted by Crippen LogP contribution is -2.49. The number of carbonyl (C=O) groups is 1. The highest BCUT2D eigenvalue weighted by atomic mass is 35.5. The average molecular weight is 598 g/mol. The third kappa shape index (κ3) is 5.96. The second-order valence-electron chi connectivity index (χ2n) is 11.0. The van der Waals surface area contributed by atoms with Crippen LogP contribution in [0.5, 0.6) is 0 Å². The number of aryl methyl sites for hydroxylation is 1. The molecule has 1 atom stereocenters. The van der Waals surface area contributed by atoms with E-state index in [1.54, 1.807) is 30.7 Å². The molecule has 1 saturated heterocycles. The third-order valence-electron chi connectivity index (χ3n) is 6.74. The normalized spacial score (nSPS) is 15.7. The van der Waals surface area contributed by atoms with Crippen molar-refractivity contribution in [3.05, 3.63) is 49.1 Å². The Morgan fingerprint density at radius 1 is 1.24 bits per heavy atom. The Bertz CT molecular complexity index is 1820. The Labute approximate surface area is 245 Å². The molecule has 13 heteroatoms. The summed E-state index contributed by atoms with van der Waals surface area (Å²) in [6.07, 6.45) is 1.11. The molecule has 1 aliphatic heterocycles. The predicted molar refractivity (Wildman–Crippen MR) is 161 cm³/mol. The van der Waals surface area contributed by atoms with E-state index in [-0.39, 0.29) is 30.3 Å². The number of halogens is 1. The number of rotatable bonds is 5. The summed E-state index contributed by atoms with van der Waals surface area (Å²) in [6, 6.07) is 5.25. The summed E-state index contributed by atoms with van der Waals surface area (Å²) in [5.74, 6) is 6.46. The molecule has 1 amide bonds. The highest BCUT2D eigenvalue weighted by molar-refractivity contribution is 7.18. The van der Waals surface area contributed by atoms with Crippen LogP contribution in [0.25, 0.3) is 21.4 Å². The van der Waals surface area contributed by atoms with E-state index in [4.69, 9.17) is 21.3 Å². The van der Waals surface area contributed by atoms with Crippen LogP contribution in [-0.2, 0) is 24.9 Å². The first-order valence-corrected chi connectivity index (χ1v) is 14.5. The van der Waals surface area contributed by atoms with E-state index in [2.05, 4.69) is 22.1 Å². The molecule has 1 N–H and O–H groups in total. The van der Waals surface area contributed by atoms with Gasteiger partial charge in [0.2, 0.25) is 5.95 Å². The van der Waals surface area contributed by atoms with E-state index in [1.807, 2.05) is 31.7 Å². The maximum Gasteiger partial charge on any atom is 0.407 e. The predicted octanol–water partition coefficient (Wildman–Crippen LogP) is 3.72. The summed E-state index contributed by atoms with van der Waals surface area (Å²) in [4.78, 5) is 51.1. The number of nitrogens with one attached hydrogen (secondary N) is 1. The molecule has 41 heavy (non-hydrogen) atoms. The van der Waals surface area contributed by atoms with Crippen molar-refractivity contribution in [3.63, 3.8) is 0 Å². The second-order valence-corrected chi connectivity index (χ2v) is 12.5. The topological polar surface area (TPSA) is 116 Å². The molecule has 3 aromatic heterocycles. The van der Waals surface area contributed by atoms with Gasteiger partial charge in [-0.3, -0.25) is 18.5 Å². The second kappa shape index (κ2) is 11.2. The molecule has 0 unspecified atom stereocenters. The van der Waals surface area contributed by atoms with Gasteiger partial charge in [0, 0.05) is 31.2 Å². The molecule has 1 fully saturated rings. The quantitative estimate of drug-likeness (QED) is 0.349. The van der Waals surface area contributed by atoms with Crippen LogP contribution in [0.2, 0.25) is 5.02 Å². The molecule has 0 aliphatic carbocycles. The van der Waals surface area contributed by atoms with Gasteiger partial charge in [-0.2, -0.15) is 4.98 Å². The van der Waals surface area contributed by atoms with Crippen LogP contribution in [0.4, 0.5) is 10.7 Å². The Morgan fingerprint density at radius 3 is 2.76 bits per heavy atom. The first kappa shape index (κ1) is 28.7. The molecule has 0 spiro atoms. The van der Waals surface area contributed by atoms with Gasteiger partial charge in [-0.1, -0.05) is 17.5 Å². The van der Waals surface area contributed by atoms with E-state index >= 15 is 0 Å². The molecule has 11 nitrogen and oxygen atoms in total. The van der Waals surface area contributed by atoms with Crippen molar-refractivity contribution in [2.24, 2.45) is 7.05 Å². The molecule has 1 aliphatic rings. The zero-order chi connectivity index (χ0) is 29.5. The number of carbonyl (C=O) groups excluding carboxylic acids is 1. The highest BCUT2D eigenvalue weighted by Gasteiger charge is 2.29. The molecular weight excluding hydrogens is 566 g/mol. The van der Waals surface area contributed by atoms with Gasteiger partial charge < -0.3 is 15.0 Å². The Balaban J connectivity index is 1.54. The molecular formula is C28H32ClN7O4S. The lowest BCUT2D eigenvalue weighted by Gasteiger charge is -2.34. The van der Waals surface area contributed by atoms with Crippen LogP contribution in [-0.4, -0.2) is 54.5 Å². The summed E-state index contributed by atoms with van der Waals surface area (Å²) < 4.78 is 10.7. The SMILES string of the molecule is CC#CCn1c(N2CCC[C@@H](NC(=O)OC(C)(C)C)C2)nc2c1c(=O)n(Cc1nc3cc(Cl)ccc3s1)c(=O)n2C. The zero-order valence-corrected chi connectivity index (χ0v) is 25.2. The molecule has 1 aromatic carbocycles. The number of anilines is 1. The minimum Gasteiger partial charge on any atom is -0.444 e. The number of alkyl carbamates (subject to hydrolysis) is 1. The number of thiazole rings is 1. The van der Waals surface area contributed by atoms with Crippen molar-refractivity contribution in [1.29, 1.82) is 0 Å². The first-order valence-electron chi connectivity index (χ1n) is 13.3. The van der Waals surface area contributed by atoms with E-state index in [1.165, 1.54) is 20.5 Å². The number of imidazole rings is 1. The van der Waals surface area contributed by atoms with E-state index in [0.717, 1.165) is 17.5 Å². The van der Waals surface area contributed by atoms with Crippen molar-refractivity contribution >= 4 is 56.4 Å². The molecule has 0 saturated carbocycles. The summed E-state index contributed by atoms with van der Waals surface area (Å²) in [5.41, 5.74) is -0.264. The number of ether oxygens (including phenoxy) is 1. The van der Waals surface area contributed by atoms with Gasteiger partial charge in [0.1, 0.15) is 10.6 Å². The first-order chi connectivity index (χ1) is 19.4. The van der Waals surface area contributed by atoms with Gasteiger partial charge in [-0.05, 0) is 58.7 Å². The summed E-state index contributed by atoms with van der Waals surface area (Å²) in [5, 5.41) is 4.14. The van der Waals surface area contributed by atoms with Crippen LogP contribution in [0.15, 0.2) is 27.8 Å². The fourth-order valence-corrected chi connectivity index (χ4v) is 6.05. The van der Waals surface area contributed by atoms with Gasteiger partial charge in [0.05, 0.1) is 23.3 Å². The van der Waals surface area contributed by atoms with Crippen molar-refractivity contribution in [1.82, 2.24) is 29.0 Å². The van der Waals surface area contributed by atoms with Gasteiger partial charge in [-0.25, -0.2) is 14.6 Å². The van der Waals surface area contributed by atoms with Crippen molar-refractivity contribution in [2.45, 2.75) is 65.3 Å². The fourth-order valence-electron chi connectivity index (χ4n) is 4.95. The van der Waals surface area contributed by atoms with Crippen molar-refractivity contribution in [3.8, 4) is 11.8 Å². The smallest absolute Gasteiger partial charge is 0.407 e. The molecule has 0 radical (unpaired) electrons. The summed E-state index contributed by atoms with van der Waals surface area (Å²) >= 11 is 7.52. The number of nitrogens with zero attached hydrogens (tertiary/aromatic N) is 6.